The first-order chi connectivity index (χ1) is 20.6. The maximum atomic E-state index is 14.1. The van der Waals surface area contributed by atoms with E-state index >= 15 is 0 Å². The number of rotatable bonds is 14. The Balaban J connectivity index is 1.88. The molecule has 4 N–H and O–H groups in total. The van der Waals surface area contributed by atoms with E-state index in [1.807, 2.05) is 36.4 Å². The fourth-order valence-corrected chi connectivity index (χ4v) is 5.94. The van der Waals surface area contributed by atoms with Crippen molar-refractivity contribution in [1.29, 1.82) is 0 Å². The van der Waals surface area contributed by atoms with Crippen LogP contribution >= 0.6 is 0 Å². The highest BCUT2D eigenvalue weighted by atomic mass is 19.1. The van der Waals surface area contributed by atoms with E-state index in [9.17, 15) is 19.4 Å². The molecular weight excluding hydrogens is 543 g/mol. The van der Waals surface area contributed by atoms with Crippen LogP contribution in [0.3, 0.4) is 0 Å². The summed E-state index contributed by atoms with van der Waals surface area (Å²) in [6.07, 6.45) is -2.14. The van der Waals surface area contributed by atoms with E-state index in [1.54, 1.807) is 12.1 Å². The van der Waals surface area contributed by atoms with Crippen LogP contribution in [-0.2, 0) is 11.3 Å². The number of aliphatic carboxylic acids is 1. The van der Waals surface area contributed by atoms with Gasteiger partial charge in [-0.1, -0.05) is 69.3 Å². The van der Waals surface area contributed by atoms with Crippen LogP contribution in [0.25, 0.3) is 22.4 Å². The molecule has 3 aromatic carbocycles. The lowest BCUT2D eigenvalue weighted by molar-refractivity contribution is -0.139. The number of aromatic nitrogens is 1. The van der Waals surface area contributed by atoms with Gasteiger partial charge >= 0.3 is 5.97 Å². The van der Waals surface area contributed by atoms with Crippen molar-refractivity contribution in [1.82, 2.24) is 4.57 Å². The van der Waals surface area contributed by atoms with E-state index in [2.05, 4.69) is 61.8 Å². The zero-order chi connectivity index (χ0) is 31.1. The molecule has 0 radical (unpaired) electrons. The van der Waals surface area contributed by atoms with Crippen LogP contribution in [0.1, 0.15) is 70.1 Å². The fraction of sp³-hybridized carbons (Fsp3) is 0.361. The smallest absolute Gasteiger partial charge is 0.305 e. The van der Waals surface area contributed by atoms with Crippen molar-refractivity contribution in [3.8, 4) is 22.4 Å². The summed E-state index contributed by atoms with van der Waals surface area (Å²) in [5.74, 6) is -1.23. The molecule has 43 heavy (non-hydrogen) atoms. The molecule has 4 rings (SSSR count). The van der Waals surface area contributed by atoms with Crippen molar-refractivity contribution < 1.29 is 24.5 Å². The number of nitrogens with zero attached hydrogens (tertiary/aromatic N) is 1. The van der Waals surface area contributed by atoms with E-state index in [1.165, 1.54) is 17.7 Å². The van der Waals surface area contributed by atoms with Crippen molar-refractivity contribution in [3.05, 3.63) is 102 Å². The highest BCUT2D eigenvalue weighted by Crippen LogP contribution is 2.46. The lowest BCUT2D eigenvalue weighted by Gasteiger charge is -2.26. The molecule has 1 aromatic heterocycles. The van der Waals surface area contributed by atoms with E-state index in [4.69, 9.17) is 5.11 Å². The molecule has 228 valence electrons. The predicted octanol–water partition coefficient (Wildman–Crippen LogP) is 7.67. The summed E-state index contributed by atoms with van der Waals surface area (Å²) in [4.78, 5) is 11.0. The summed E-state index contributed by atoms with van der Waals surface area (Å²) in [5, 5.41) is 33.7. The molecular formula is C36H43FN2O4. The number of aliphatic hydroxyl groups is 2. The number of carbonyl (C=O) groups is 1. The van der Waals surface area contributed by atoms with Crippen molar-refractivity contribution in [2.75, 3.05) is 5.32 Å². The maximum absolute atomic E-state index is 14.1. The molecule has 0 saturated heterocycles. The Morgan fingerprint density at radius 3 is 2.02 bits per heavy atom. The molecule has 1 heterocycles. The number of halogens is 1. The van der Waals surface area contributed by atoms with Gasteiger partial charge in [0.25, 0.3) is 0 Å². The normalized spacial score (nSPS) is 14.3. The maximum Gasteiger partial charge on any atom is 0.305 e. The average molecular weight is 587 g/mol. The van der Waals surface area contributed by atoms with E-state index in [0.29, 0.717) is 13.0 Å². The second-order valence-corrected chi connectivity index (χ2v) is 11.7. The second-order valence-electron chi connectivity index (χ2n) is 11.7. The second kappa shape index (κ2) is 14.5. The van der Waals surface area contributed by atoms with Gasteiger partial charge in [0.1, 0.15) is 5.82 Å². The first kappa shape index (κ1) is 32.0. The number of benzene rings is 3. The standard InChI is InChI=1S/C36H43FN2O4/c1-23(2)35-33(24(3)25(4)38-29-13-9-6-10-14-29)34(26-11-7-5-8-12-26)36(27-15-17-28(37)18-16-27)39(35)20-19-30(40)21-31(41)22-32(42)43/h5-18,23-25,30-31,38,40-41H,19-22H2,1-4H3,(H,42,43)/t24?,25?,30-,31+/m1/s1. The summed E-state index contributed by atoms with van der Waals surface area (Å²) >= 11 is 0. The molecule has 0 aliphatic carbocycles. The number of anilines is 1. The minimum absolute atomic E-state index is 0.0245. The third-order valence-corrected chi connectivity index (χ3v) is 8.08. The number of hydrogen-bond donors (Lipinski definition) is 4. The van der Waals surface area contributed by atoms with Gasteiger partial charge in [-0.3, -0.25) is 4.79 Å². The van der Waals surface area contributed by atoms with E-state index in [-0.39, 0.29) is 30.1 Å². The number of para-hydroxylation sites is 1. The lowest BCUT2D eigenvalue weighted by Crippen LogP contribution is -2.24. The van der Waals surface area contributed by atoms with Crippen LogP contribution in [-0.4, -0.2) is 44.1 Å². The molecule has 4 atom stereocenters. The molecule has 7 heteroatoms. The Morgan fingerprint density at radius 2 is 1.44 bits per heavy atom. The summed E-state index contributed by atoms with van der Waals surface area (Å²) in [7, 11) is 0. The quantitative estimate of drug-likeness (QED) is 0.122. The van der Waals surface area contributed by atoms with Crippen molar-refractivity contribution in [2.24, 2.45) is 0 Å². The first-order valence-corrected chi connectivity index (χ1v) is 15.0. The Hall–Kier alpha value is -3.94. The largest absolute Gasteiger partial charge is 0.481 e. The highest BCUT2D eigenvalue weighted by Gasteiger charge is 2.31. The Labute approximate surface area is 253 Å². The Kier molecular flexibility index (Phi) is 10.8. The average Bonchev–Trinajstić information content (AvgIpc) is 3.32. The molecule has 0 saturated carbocycles. The van der Waals surface area contributed by atoms with Crippen molar-refractivity contribution in [2.45, 2.75) is 83.6 Å². The number of nitrogens with one attached hydrogen (secondary N) is 1. The minimum Gasteiger partial charge on any atom is -0.481 e. The van der Waals surface area contributed by atoms with Gasteiger partial charge in [0, 0.05) is 35.4 Å². The molecule has 0 amide bonds. The van der Waals surface area contributed by atoms with Crippen LogP contribution in [0.5, 0.6) is 0 Å². The number of hydrogen-bond acceptors (Lipinski definition) is 4. The summed E-state index contributed by atoms with van der Waals surface area (Å²) in [6.45, 7) is 9.17. The molecule has 0 aliphatic heterocycles. The van der Waals surface area contributed by atoms with Crippen LogP contribution in [0.15, 0.2) is 84.9 Å². The number of carboxylic acids is 1. The molecule has 0 aliphatic rings. The lowest BCUT2D eigenvalue weighted by atomic mass is 9.85. The monoisotopic (exact) mass is 586 g/mol. The van der Waals surface area contributed by atoms with Gasteiger partial charge in [0.2, 0.25) is 0 Å². The molecule has 0 bridgehead atoms. The van der Waals surface area contributed by atoms with Gasteiger partial charge in [0.05, 0.1) is 24.3 Å². The van der Waals surface area contributed by atoms with E-state index in [0.717, 1.165) is 33.8 Å². The summed E-state index contributed by atoms with van der Waals surface area (Å²) < 4.78 is 16.4. The van der Waals surface area contributed by atoms with Gasteiger partial charge in [-0.25, -0.2) is 4.39 Å². The zero-order valence-electron chi connectivity index (χ0n) is 25.4. The molecule has 0 spiro atoms. The minimum atomic E-state index is -1.13. The Bertz CT molecular complexity index is 1470. The van der Waals surface area contributed by atoms with Crippen LogP contribution in [0, 0.1) is 5.82 Å². The molecule has 6 nitrogen and oxygen atoms in total. The van der Waals surface area contributed by atoms with Crippen molar-refractivity contribution in [3.63, 3.8) is 0 Å². The van der Waals surface area contributed by atoms with E-state index < -0.39 is 24.6 Å². The third kappa shape index (κ3) is 7.92. The fourth-order valence-electron chi connectivity index (χ4n) is 5.94. The van der Waals surface area contributed by atoms with Crippen LogP contribution in [0.2, 0.25) is 0 Å². The van der Waals surface area contributed by atoms with Gasteiger partial charge in [-0.2, -0.15) is 0 Å². The summed E-state index contributed by atoms with van der Waals surface area (Å²) in [5.41, 5.74) is 7.30. The van der Waals surface area contributed by atoms with Crippen LogP contribution < -0.4 is 5.32 Å². The topological polar surface area (TPSA) is 94.7 Å². The van der Waals surface area contributed by atoms with Gasteiger partial charge in [0.15, 0.2) is 0 Å². The number of carboxylic acid groups (broad SMARTS) is 1. The SMILES string of the molecule is CC(C)c1c(C(C)C(C)Nc2ccccc2)c(-c2ccccc2)c(-c2ccc(F)cc2)n1CC[C@@H](O)C[C@H](O)CC(=O)O. The third-order valence-electron chi connectivity index (χ3n) is 8.08. The molecule has 0 fully saturated rings. The van der Waals surface area contributed by atoms with Gasteiger partial charge in [-0.05, 0) is 78.8 Å². The van der Waals surface area contributed by atoms with Gasteiger partial charge in [-0.15, -0.1) is 0 Å². The van der Waals surface area contributed by atoms with Gasteiger partial charge < -0.3 is 25.2 Å². The molecule has 4 aromatic rings. The molecule has 2 unspecified atom stereocenters. The highest BCUT2D eigenvalue weighted by molar-refractivity contribution is 5.86. The van der Waals surface area contributed by atoms with Crippen LogP contribution in [0.4, 0.5) is 10.1 Å². The first-order valence-electron chi connectivity index (χ1n) is 15.0. The summed E-state index contributed by atoms with van der Waals surface area (Å²) in [6, 6.07) is 26.9. The zero-order valence-corrected chi connectivity index (χ0v) is 25.4. The Morgan fingerprint density at radius 1 is 0.837 bits per heavy atom. The number of aliphatic hydroxyl groups excluding tert-OH is 2. The van der Waals surface area contributed by atoms with Crippen molar-refractivity contribution >= 4 is 11.7 Å². The predicted molar refractivity (Wildman–Crippen MR) is 171 cm³/mol.